The first kappa shape index (κ1) is 17.7. The molecule has 1 aliphatic heterocycles. The fourth-order valence-electron chi connectivity index (χ4n) is 3.28. The number of allylic oxidation sites excluding steroid dienone is 2. The summed E-state index contributed by atoms with van der Waals surface area (Å²) in [5.74, 6) is 0.445. The topological polar surface area (TPSA) is 51.0 Å². The number of nitrogens with zero attached hydrogens (tertiary/aromatic N) is 4. The molecule has 0 N–H and O–H groups in total. The van der Waals surface area contributed by atoms with E-state index < -0.39 is 0 Å². The van der Waals surface area contributed by atoms with E-state index in [9.17, 15) is 4.79 Å². The normalized spacial score (nSPS) is 17.4. The predicted octanol–water partition coefficient (Wildman–Crippen LogP) is 3.83. The molecule has 1 aromatic carbocycles. The van der Waals surface area contributed by atoms with E-state index in [1.165, 1.54) is 23.0 Å². The fraction of sp³-hybridized carbons (Fsp3) is 0.421. The number of likely N-dealkylation sites (N-methyl/N-ethyl adjacent to an activating group) is 1. The SMILES string of the molecule is CC(C)n1cnnc1SCC(=O)C=C1N(C)c2ccccc2C1(C)C. The summed E-state index contributed by atoms with van der Waals surface area (Å²) in [6.07, 6.45) is 3.49. The van der Waals surface area contributed by atoms with Crippen LogP contribution in [0.5, 0.6) is 0 Å². The Kier molecular flexibility index (Phi) is 4.73. The van der Waals surface area contributed by atoms with Gasteiger partial charge in [0, 0.05) is 36.0 Å². The lowest BCUT2D eigenvalue weighted by Crippen LogP contribution is -2.24. The standard InChI is InChI=1S/C19H24N4OS/c1-13(2)23-12-20-21-18(23)25-11-14(24)10-17-19(3,4)15-8-6-7-9-16(15)22(17)5/h6-10,12-13H,11H2,1-5H3. The molecule has 0 radical (unpaired) electrons. The van der Waals surface area contributed by atoms with Crippen LogP contribution in [0, 0.1) is 0 Å². The molecule has 2 heterocycles. The van der Waals surface area contributed by atoms with Crippen LogP contribution in [0.4, 0.5) is 5.69 Å². The van der Waals surface area contributed by atoms with Gasteiger partial charge in [0.1, 0.15) is 6.33 Å². The third kappa shape index (κ3) is 3.23. The maximum absolute atomic E-state index is 12.6. The maximum atomic E-state index is 12.6. The zero-order valence-corrected chi connectivity index (χ0v) is 16.2. The molecular formula is C19H24N4OS. The van der Waals surface area contributed by atoms with E-state index in [0.29, 0.717) is 5.75 Å². The second-order valence-electron chi connectivity index (χ2n) is 7.10. The van der Waals surface area contributed by atoms with Gasteiger partial charge in [-0.15, -0.1) is 10.2 Å². The lowest BCUT2D eigenvalue weighted by molar-refractivity contribution is -0.112. The van der Waals surface area contributed by atoms with Gasteiger partial charge in [-0.25, -0.2) is 0 Å². The third-order valence-electron chi connectivity index (χ3n) is 4.68. The molecule has 3 rings (SSSR count). The van der Waals surface area contributed by atoms with Crippen molar-refractivity contribution >= 4 is 23.2 Å². The van der Waals surface area contributed by atoms with Crippen molar-refractivity contribution in [2.45, 2.75) is 44.3 Å². The van der Waals surface area contributed by atoms with E-state index >= 15 is 0 Å². The summed E-state index contributed by atoms with van der Waals surface area (Å²) in [4.78, 5) is 14.7. The van der Waals surface area contributed by atoms with E-state index in [1.54, 1.807) is 12.4 Å². The van der Waals surface area contributed by atoms with Crippen LogP contribution in [0.3, 0.4) is 0 Å². The minimum Gasteiger partial charge on any atom is -0.347 e. The van der Waals surface area contributed by atoms with Gasteiger partial charge >= 0.3 is 0 Å². The predicted molar refractivity (Wildman–Crippen MR) is 102 cm³/mol. The Morgan fingerprint density at radius 1 is 1.32 bits per heavy atom. The maximum Gasteiger partial charge on any atom is 0.191 e. The van der Waals surface area contributed by atoms with Crippen molar-refractivity contribution in [3.63, 3.8) is 0 Å². The van der Waals surface area contributed by atoms with Crippen LogP contribution in [0.25, 0.3) is 0 Å². The molecule has 0 saturated heterocycles. The number of para-hydroxylation sites is 1. The highest BCUT2D eigenvalue weighted by Gasteiger charge is 2.38. The van der Waals surface area contributed by atoms with E-state index in [1.807, 2.05) is 23.7 Å². The van der Waals surface area contributed by atoms with Gasteiger partial charge in [0.2, 0.25) is 0 Å². The first-order chi connectivity index (χ1) is 11.8. The number of aromatic nitrogens is 3. The number of rotatable bonds is 5. The summed E-state index contributed by atoms with van der Waals surface area (Å²) in [5.41, 5.74) is 3.27. The summed E-state index contributed by atoms with van der Waals surface area (Å²) >= 11 is 1.44. The zero-order valence-electron chi connectivity index (χ0n) is 15.4. The van der Waals surface area contributed by atoms with E-state index in [2.05, 4.69) is 54.9 Å². The van der Waals surface area contributed by atoms with Gasteiger partial charge in [-0.3, -0.25) is 4.79 Å². The number of hydrogen-bond donors (Lipinski definition) is 0. The van der Waals surface area contributed by atoms with Crippen LogP contribution < -0.4 is 4.90 Å². The van der Waals surface area contributed by atoms with Crippen molar-refractivity contribution in [1.29, 1.82) is 0 Å². The van der Waals surface area contributed by atoms with Crippen molar-refractivity contribution in [2.75, 3.05) is 17.7 Å². The van der Waals surface area contributed by atoms with Gasteiger partial charge < -0.3 is 9.47 Å². The molecule has 0 unspecified atom stereocenters. The molecule has 25 heavy (non-hydrogen) atoms. The molecular weight excluding hydrogens is 332 g/mol. The van der Waals surface area contributed by atoms with Gasteiger partial charge in [-0.1, -0.05) is 43.8 Å². The van der Waals surface area contributed by atoms with Crippen molar-refractivity contribution < 1.29 is 4.79 Å². The van der Waals surface area contributed by atoms with Gasteiger partial charge in [-0.05, 0) is 25.5 Å². The van der Waals surface area contributed by atoms with Gasteiger partial charge in [0.15, 0.2) is 10.9 Å². The van der Waals surface area contributed by atoms with Crippen molar-refractivity contribution in [1.82, 2.24) is 14.8 Å². The fourth-order valence-corrected chi connectivity index (χ4v) is 4.14. The van der Waals surface area contributed by atoms with Crippen LogP contribution >= 0.6 is 11.8 Å². The summed E-state index contributed by atoms with van der Waals surface area (Å²) < 4.78 is 1.98. The lowest BCUT2D eigenvalue weighted by atomic mass is 9.83. The molecule has 1 aliphatic rings. The van der Waals surface area contributed by atoms with E-state index in [-0.39, 0.29) is 17.2 Å². The largest absolute Gasteiger partial charge is 0.347 e. The van der Waals surface area contributed by atoms with Crippen molar-refractivity contribution in [2.24, 2.45) is 0 Å². The molecule has 6 heteroatoms. The molecule has 0 spiro atoms. The van der Waals surface area contributed by atoms with E-state index in [0.717, 1.165) is 10.9 Å². The lowest BCUT2D eigenvalue weighted by Gasteiger charge is -2.23. The highest BCUT2D eigenvalue weighted by Crippen LogP contribution is 2.46. The quantitative estimate of drug-likeness (QED) is 0.602. The number of fused-ring (bicyclic) bond motifs is 1. The number of carbonyl (C=O) groups is 1. The first-order valence-corrected chi connectivity index (χ1v) is 9.41. The van der Waals surface area contributed by atoms with E-state index in [4.69, 9.17) is 0 Å². The van der Waals surface area contributed by atoms with Crippen LogP contribution in [0.1, 0.15) is 39.3 Å². The molecule has 5 nitrogen and oxygen atoms in total. The molecule has 0 atom stereocenters. The number of hydrogen-bond acceptors (Lipinski definition) is 5. The molecule has 132 valence electrons. The minimum atomic E-state index is -0.177. The Morgan fingerprint density at radius 3 is 2.72 bits per heavy atom. The van der Waals surface area contributed by atoms with Gasteiger partial charge in [0.25, 0.3) is 0 Å². The smallest absolute Gasteiger partial charge is 0.191 e. The molecule has 2 aromatic rings. The average Bonchev–Trinajstić information content (AvgIpc) is 3.12. The summed E-state index contributed by atoms with van der Waals surface area (Å²) in [5, 5.41) is 8.84. The van der Waals surface area contributed by atoms with Crippen LogP contribution in [0.2, 0.25) is 0 Å². The van der Waals surface area contributed by atoms with Crippen molar-refractivity contribution in [3.05, 3.63) is 47.9 Å². The number of anilines is 1. The molecule has 1 aromatic heterocycles. The van der Waals surface area contributed by atoms with Crippen molar-refractivity contribution in [3.8, 4) is 0 Å². The van der Waals surface area contributed by atoms with Gasteiger partial charge in [-0.2, -0.15) is 0 Å². The Balaban J connectivity index is 1.77. The Bertz CT molecular complexity index is 822. The second kappa shape index (κ2) is 6.67. The zero-order chi connectivity index (χ0) is 18.2. The van der Waals surface area contributed by atoms with Crippen LogP contribution in [-0.2, 0) is 10.2 Å². The third-order valence-corrected chi connectivity index (χ3v) is 5.66. The summed E-state index contributed by atoms with van der Waals surface area (Å²) in [6, 6.07) is 8.60. The van der Waals surface area contributed by atoms with Gasteiger partial charge in [0.05, 0.1) is 5.75 Å². The van der Waals surface area contributed by atoms with Crippen LogP contribution in [-0.4, -0.2) is 33.3 Å². The van der Waals surface area contributed by atoms with Crippen LogP contribution in [0.15, 0.2) is 47.5 Å². The number of carbonyl (C=O) groups excluding carboxylic acids is 1. The first-order valence-electron chi connectivity index (χ1n) is 8.43. The highest BCUT2D eigenvalue weighted by molar-refractivity contribution is 7.99. The molecule has 0 aliphatic carbocycles. The summed E-state index contributed by atoms with van der Waals surface area (Å²) in [7, 11) is 2.02. The summed E-state index contributed by atoms with van der Waals surface area (Å²) in [6.45, 7) is 8.48. The Hall–Kier alpha value is -2.08. The molecule has 0 fully saturated rings. The average molecular weight is 356 g/mol. The number of thioether (sulfide) groups is 1. The molecule has 0 saturated carbocycles. The Morgan fingerprint density at radius 2 is 2.04 bits per heavy atom. The number of benzene rings is 1. The number of ketones is 1. The molecule has 0 amide bonds. The molecule has 0 bridgehead atoms. The highest BCUT2D eigenvalue weighted by atomic mass is 32.2. The monoisotopic (exact) mass is 356 g/mol. The Labute approximate surface area is 153 Å². The minimum absolute atomic E-state index is 0.0889. The second-order valence-corrected chi connectivity index (χ2v) is 8.04.